The summed E-state index contributed by atoms with van der Waals surface area (Å²) in [4.78, 5) is 14.3. The molecule has 0 unspecified atom stereocenters. The van der Waals surface area contributed by atoms with Gasteiger partial charge in [-0.1, -0.05) is 6.42 Å². The van der Waals surface area contributed by atoms with Crippen molar-refractivity contribution in [2.24, 2.45) is 5.41 Å². The molecule has 0 aromatic carbocycles. The van der Waals surface area contributed by atoms with Crippen LogP contribution in [-0.4, -0.2) is 54.2 Å². The molecule has 1 aliphatic carbocycles. The van der Waals surface area contributed by atoms with Crippen LogP contribution in [-0.2, 0) is 0 Å². The highest BCUT2D eigenvalue weighted by molar-refractivity contribution is 5.63. The van der Waals surface area contributed by atoms with Gasteiger partial charge in [0, 0.05) is 55.3 Å². The van der Waals surface area contributed by atoms with Gasteiger partial charge in [-0.25, -0.2) is 9.97 Å². The van der Waals surface area contributed by atoms with Crippen LogP contribution in [0.1, 0.15) is 38.5 Å². The summed E-state index contributed by atoms with van der Waals surface area (Å²) < 4.78 is 5.14. The van der Waals surface area contributed by atoms with Crippen molar-refractivity contribution in [3.63, 3.8) is 0 Å². The van der Waals surface area contributed by atoms with Crippen molar-refractivity contribution in [2.45, 2.75) is 44.6 Å². The average molecular weight is 379 g/mol. The Morgan fingerprint density at radius 1 is 0.929 bits per heavy atom. The predicted octanol–water partition coefficient (Wildman–Crippen LogP) is 4.00. The SMILES string of the molecule is COc1ccc(-c2ccc(N3CCC4(CC3)CCN(C3CCC3)C4)nc2)cn1. The predicted molar refractivity (Wildman–Crippen MR) is 112 cm³/mol. The van der Waals surface area contributed by atoms with E-state index in [1.807, 2.05) is 24.5 Å². The van der Waals surface area contributed by atoms with Crippen LogP contribution in [0.3, 0.4) is 0 Å². The number of hydrogen-bond acceptors (Lipinski definition) is 5. The first-order chi connectivity index (χ1) is 13.7. The van der Waals surface area contributed by atoms with Crippen LogP contribution >= 0.6 is 0 Å². The van der Waals surface area contributed by atoms with Crippen LogP contribution in [0.25, 0.3) is 11.1 Å². The molecule has 148 valence electrons. The topological polar surface area (TPSA) is 41.5 Å². The van der Waals surface area contributed by atoms with Gasteiger partial charge in [0.25, 0.3) is 0 Å². The fourth-order valence-electron chi connectivity index (χ4n) is 5.07. The molecule has 0 bridgehead atoms. The molecule has 0 amide bonds. The molecule has 1 spiro atoms. The summed E-state index contributed by atoms with van der Waals surface area (Å²) in [6.45, 7) is 4.93. The van der Waals surface area contributed by atoms with Crippen LogP contribution in [0.2, 0.25) is 0 Å². The van der Waals surface area contributed by atoms with Gasteiger partial charge in [-0.15, -0.1) is 0 Å². The molecule has 4 heterocycles. The highest BCUT2D eigenvalue weighted by Gasteiger charge is 2.43. The number of hydrogen-bond donors (Lipinski definition) is 0. The van der Waals surface area contributed by atoms with Crippen molar-refractivity contribution < 1.29 is 4.74 Å². The molecule has 5 rings (SSSR count). The third kappa shape index (κ3) is 3.37. The number of rotatable bonds is 4. The third-order valence-corrected chi connectivity index (χ3v) is 7.23. The van der Waals surface area contributed by atoms with E-state index in [1.54, 1.807) is 7.11 Å². The number of pyridine rings is 2. The molecule has 0 N–H and O–H groups in total. The summed E-state index contributed by atoms with van der Waals surface area (Å²) in [6.07, 6.45) is 12.1. The lowest BCUT2D eigenvalue weighted by Gasteiger charge is -2.41. The summed E-state index contributed by atoms with van der Waals surface area (Å²) in [5.74, 6) is 1.74. The maximum absolute atomic E-state index is 5.14. The number of methoxy groups -OCH3 is 1. The lowest BCUT2D eigenvalue weighted by atomic mass is 9.77. The van der Waals surface area contributed by atoms with E-state index in [2.05, 4.69) is 26.9 Å². The third-order valence-electron chi connectivity index (χ3n) is 7.23. The van der Waals surface area contributed by atoms with Gasteiger partial charge < -0.3 is 9.64 Å². The molecule has 5 heteroatoms. The Balaban J connectivity index is 1.20. The summed E-state index contributed by atoms with van der Waals surface area (Å²) in [5, 5.41) is 0. The Morgan fingerprint density at radius 3 is 2.21 bits per heavy atom. The lowest BCUT2D eigenvalue weighted by molar-refractivity contribution is 0.127. The number of nitrogens with zero attached hydrogens (tertiary/aromatic N) is 4. The van der Waals surface area contributed by atoms with Crippen molar-refractivity contribution >= 4 is 5.82 Å². The van der Waals surface area contributed by atoms with E-state index in [9.17, 15) is 0 Å². The molecule has 2 aliphatic heterocycles. The minimum Gasteiger partial charge on any atom is -0.481 e. The first-order valence-electron chi connectivity index (χ1n) is 10.7. The van der Waals surface area contributed by atoms with Crippen molar-refractivity contribution in [1.82, 2.24) is 14.9 Å². The number of anilines is 1. The second kappa shape index (κ2) is 7.36. The Kier molecular flexibility index (Phi) is 4.71. The molecule has 3 aliphatic rings. The van der Waals surface area contributed by atoms with Gasteiger partial charge in [-0.05, 0) is 62.3 Å². The number of likely N-dealkylation sites (tertiary alicyclic amines) is 1. The molecule has 5 nitrogen and oxygen atoms in total. The second-order valence-corrected chi connectivity index (χ2v) is 8.79. The molecule has 0 radical (unpaired) electrons. The average Bonchev–Trinajstić information content (AvgIpc) is 3.10. The molecule has 2 saturated heterocycles. The van der Waals surface area contributed by atoms with Gasteiger partial charge in [0.05, 0.1) is 7.11 Å². The Bertz CT molecular complexity index is 792. The van der Waals surface area contributed by atoms with Crippen molar-refractivity contribution in [2.75, 3.05) is 38.2 Å². The van der Waals surface area contributed by atoms with E-state index >= 15 is 0 Å². The van der Waals surface area contributed by atoms with Crippen LogP contribution in [0.15, 0.2) is 36.7 Å². The Morgan fingerprint density at radius 2 is 1.64 bits per heavy atom. The zero-order chi connectivity index (χ0) is 19.0. The number of piperidine rings is 1. The maximum atomic E-state index is 5.14. The van der Waals surface area contributed by atoms with E-state index in [-0.39, 0.29) is 0 Å². The number of aromatic nitrogens is 2. The second-order valence-electron chi connectivity index (χ2n) is 8.79. The summed E-state index contributed by atoms with van der Waals surface area (Å²) in [6, 6.07) is 9.14. The van der Waals surface area contributed by atoms with Gasteiger partial charge in [0.2, 0.25) is 5.88 Å². The van der Waals surface area contributed by atoms with E-state index in [4.69, 9.17) is 9.72 Å². The molecule has 0 atom stereocenters. The van der Waals surface area contributed by atoms with Crippen LogP contribution < -0.4 is 9.64 Å². The minimum atomic E-state index is 0.570. The first kappa shape index (κ1) is 17.9. The summed E-state index contributed by atoms with van der Waals surface area (Å²) in [5.41, 5.74) is 2.74. The smallest absolute Gasteiger partial charge is 0.212 e. The molecular formula is C23H30N4O. The standard InChI is InChI=1S/C23H30N4O/c1-28-22-8-6-19(16-25-22)18-5-7-21(24-15-18)26-12-9-23(10-13-26)11-14-27(17-23)20-3-2-4-20/h5-8,15-16,20H,2-4,9-14,17H2,1H3. The fraction of sp³-hybridized carbons (Fsp3) is 0.565. The summed E-state index contributed by atoms with van der Waals surface area (Å²) in [7, 11) is 1.64. The van der Waals surface area contributed by atoms with Gasteiger partial charge in [0.1, 0.15) is 5.82 Å². The normalized spacial score (nSPS) is 22.4. The van der Waals surface area contributed by atoms with Gasteiger partial charge >= 0.3 is 0 Å². The highest BCUT2D eigenvalue weighted by Crippen LogP contribution is 2.43. The molecule has 28 heavy (non-hydrogen) atoms. The quantitative estimate of drug-likeness (QED) is 0.804. The molecule has 1 saturated carbocycles. The fourth-order valence-corrected chi connectivity index (χ4v) is 5.07. The molecular weight excluding hydrogens is 348 g/mol. The number of ether oxygens (including phenoxy) is 1. The Labute approximate surface area is 167 Å². The van der Waals surface area contributed by atoms with Crippen LogP contribution in [0.4, 0.5) is 5.82 Å². The lowest BCUT2D eigenvalue weighted by Crippen LogP contribution is -2.44. The van der Waals surface area contributed by atoms with Gasteiger partial charge in [0.15, 0.2) is 0 Å². The minimum absolute atomic E-state index is 0.570. The van der Waals surface area contributed by atoms with Crippen LogP contribution in [0, 0.1) is 5.41 Å². The van der Waals surface area contributed by atoms with Crippen molar-refractivity contribution in [3.05, 3.63) is 36.7 Å². The largest absolute Gasteiger partial charge is 0.481 e. The monoisotopic (exact) mass is 378 g/mol. The zero-order valence-electron chi connectivity index (χ0n) is 16.8. The molecule has 2 aromatic rings. The van der Waals surface area contributed by atoms with Crippen molar-refractivity contribution in [3.8, 4) is 17.0 Å². The van der Waals surface area contributed by atoms with Crippen LogP contribution in [0.5, 0.6) is 5.88 Å². The van der Waals surface area contributed by atoms with E-state index in [1.165, 1.54) is 51.6 Å². The first-order valence-corrected chi connectivity index (χ1v) is 10.7. The van der Waals surface area contributed by atoms with Gasteiger partial charge in [-0.2, -0.15) is 0 Å². The van der Waals surface area contributed by atoms with Crippen molar-refractivity contribution in [1.29, 1.82) is 0 Å². The Hall–Kier alpha value is -2.14. The maximum Gasteiger partial charge on any atom is 0.212 e. The summed E-state index contributed by atoms with van der Waals surface area (Å²) >= 11 is 0. The molecule has 2 aromatic heterocycles. The van der Waals surface area contributed by atoms with E-state index in [0.29, 0.717) is 11.3 Å². The molecule has 3 fully saturated rings. The highest BCUT2D eigenvalue weighted by atomic mass is 16.5. The van der Waals surface area contributed by atoms with E-state index < -0.39 is 0 Å². The zero-order valence-corrected chi connectivity index (χ0v) is 16.8. The van der Waals surface area contributed by atoms with E-state index in [0.717, 1.165) is 36.1 Å². The van der Waals surface area contributed by atoms with Gasteiger partial charge in [-0.3, -0.25) is 4.90 Å².